The molecule has 0 spiro atoms. The van der Waals surface area contributed by atoms with E-state index in [9.17, 15) is 23.2 Å². The van der Waals surface area contributed by atoms with Gasteiger partial charge in [-0.1, -0.05) is 24.6 Å². The molecule has 1 aliphatic rings. The number of halogens is 2. The van der Waals surface area contributed by atoms with Gasteiger partial charge >= 0.3 is 0 Å². The summed E-state index contributed by atoms with van der Waals surface area (Å²) in [4.78, 5) is 45.1. The van der Waals surface area contributed by atoms with Gasteiger partial charge in [0.25, 0.3) is 11.5 Å². The van der Waals surface area contributed by atoms with E-state index in [1.54, 1.807) is 4.90 Å². The average molecular weight is 437 g/mol. The number of aromatic amines is 1. The van der Waals surface area contributed by atoms with E-state index < -0.39 is 23.1 Å². The molecule has 2 aromatic rings. The molecule has 3 rings (SSSR count). The Kier molecular flexibility index (Phi) is 7.03. The first-order valence-corrected chi connectivity index (χ1v) is 10.4. The van der Waals surface area contributed by atoms with Crippen LogP contribution in [-0.4, -0.2) is 45.5 Å². The Balaban J connectivity index is 1.66. The molecular weight excluding hydrogens is 416 g/mol. The van der Waals surface area contributed by atoms with Crippen LogP contribution in [0, 0.1) is 11.6 Å². The number of amides is 2. The van der Waals surface area contributed by atoms with Gasteiger partial charge in [-0.2, -0.15) is 0 Å². The molecule has 160 valence electrons. The average Bonchev–Trinajstić information content (AvgIpc) is 3.00. The molecular formula is C19H21F2N5O3S. The zero-order chi connectivity index (χ0) is 21.7. The van der Waals surface area contributed by atoms with Crippen LogP contribution >= 0.6 is 11.8 Å². The predicted molar refractivity (Wildman–Crippen MR) is 109 cm³/mol. The van der Waals surface area contributed by atoms with E-state index in [0.29, 0.717) is 6.07 Å². The minimum atomic E-state index is -1.19. The lowest BCUT2D eigenvalue weighted by atomic mass is 10.2. The van der Waals surface area contributed by atoms with Crippen molar-refractivity contribution in [2.75, 3.05) is 29.9 Å². The number of hydrogen-bond acceptors (Lipinski definition) is 6. The maximum absolute atomic E-state index is 13.3. The number of nitrogen functional groups attached to an aromatic ring is 1. The highest BCUT2D eigenvalue weighted by molar-refractivity contribution is 7.99. The third-order valence-electron chi connectivity index (χ3n) is 4.64. The number of carbonyl (C=O) groups excluding carboxylic acids is 2. The third kappa shape index (κ3) is 5.35. The van der Waals surface area contributed by atoms with Crippen LogP contribution in [-0.2, 0) is 4.79 Å². The van der Waals surface area contributed by atoms with Crippen LogP contribution in [0.25, 0.3) is 0 Å². The SMILES string of the molecule is Nc1nc(SCC(=O)N2CCCCCC2)[nH]c(=O)c1NC(=O)c1ccc(F)c(F)c1. The van der Waals surface area contributed by atoms with Crippen molar-refractivity contribution in [2.24, 2.45) is 0 Å². The van der Waals surface area contributed by atoms with E-state index in [1.165, 1.54) is 0 Å². The lowest BCUT2D eigenvalue weighted by Gasteiger charge is -2.19. The van der Waals surface area contributed by atoms with E-state index >= 15 is 0 Å². The van der Waals surface area contributed by atoms with Crippen LogP contribution in [0.15, 0.2) is 28.2 Å². The number of nitrogens with one attached hydrogen (secondary N) is 2. The van der Waals surface area contributed by atoms with Gasteiger partial charge in [0.05, 0.1) is 5.75 Å². The maximum Gasteiger partial charge on any atom is 0.277 e. The number of H-pyrrole nitrogens is 1. The van der Waals surface area contributed by atoms with E-state index in [4.69, 9.17) is 5.73 Å². The van der Waals surface area contributed by atoms with Gasteiger partial charge in [0.2, 0.25) is 5.91 Å². The minimum absolute atomic E-state index is 0.0427. The monoisotopic (exact) mass is 437 g/mol. The number of nitrogens with zero attached hydrogens (tertiary/aromatic N) is 2. The van der Waals surface area contributed by atoms with Crippen LogP contribution in [0.2, 0.25) is 0 Å². The first kappa shape index (κ1) is 21.8. The molecule has 1 fully saturated rings. The van der Waals surface area contributed by atoms with Crippen molar-refractivity contribution in [1.29, 1.82) is 0 Å². The summed E-state index contributed by atoms with van der Waals surface area (Å²) >= 11 is 1.04. The number of nitrogens with two attached hydrogens (primary N) is 1. The molecule has 4 N–H and O–H groups in total. The van der Waals surface area contributed by atoms with Gasteiger partial charge in [0.1, 0.15) is 5.69 Å². The summed E-state index contributed by atoms with van der Waals surface area (Å²) in [6.07, 6.45) is 4.18. The summed E-state index contributed by atoms with van der Waals surface area (Å²) in [6.45, 7) is 1.45. The molecule has 1 aromatic heterocycles. The van der Waals surface area contributed by atoms with Gasteiger partial charge in [-0.15, -0.1) is 0 Å². The van der Waals surface area contributed by atoms with Crippen LogP contribution < -0.4 is 16.6 Å². The molecule has 1 aliphatic heterocycles. The molecule has 0 atom stereocenters. The fourth-order valence-electron chi connectivity index (χ4n) is 3.02. The van der Waals surface area contributed by atoms with E-state index in [-0.39, 0.29) is 33.9 Å². The molecule has 1 saturated heterocycles. The van der Waals surface area contributed by atoms with Crippen LogP contribution in [0.4, 0.5) is 20.3 Å². The summed E-state index contributed by atoms with van der Waals surface area (Å²) in [5.74, 6) is -3.32. The molecule has 11 heteroatoms. The number of anilines is 2. The molecule has 1 aromatic carbocycles. The Morgan fingerprint density at radius 3 is 2.50 bits per heavy atom. The van der Waals surface area contributed by atoms with E-state index in [0.717, 1.165) is 62.7 Å². The van der Waals surface area contributed by atoms with Crippen molar-refractivity contribution >= 4 is 35.1 Å². The fraction of sp³-hybridized carbons (Fsp3) is 0.368. The summed E-state index contributed by atoms with van der Waals surface area (Å²) in [6, 6.07) is 2.59. The molecule has 0 unspecified atom stereocenters. The molecule has 0 radical (unpaired) electrons. The first-order chi connectivity index (χ1) is 14.3. The maximum atomic E-state index is 13.3. The zero-order valence-electron chi connectivity index (χ0n) is 16.0. The molecule has 0 aliphatic carbocycles. The van der Waals surface area contributed by atoms with Crippen molar-refractivity contribution in [3.8, 4) is 0 Å². The fourth-order valence-corrected chi connectivity index (χ4v) is 3.79. The van der Waals surface area contributed by atoms with Crippen molar-refractivity contribution in [3.05, 3.63) is 45.8 Å². The lowest BCUT2D eigenvalue weighted by molar-refractivity contribution is -0.128. The lowest BCUT2D eigenvalue weighted by Crippen LogP contribution is -2.33. The van der Waals surface area contributed by atoms with Crippen LogP contribution in [0.5, 0.6) is 0 Å². The zero-order valence-corrected chi connectivity index (χ0v) is 16.9. The van der Waals surface area contributed by atoms with Gasteiger partial charge in [0.15, 0.2) is 22.6 Å². The third-order valence-corrected chi connectivity index (χ3v) is 5.50. The Morgan fingerprint density at radius 2 is 1.87 bits per heavy atom. The highest BCUT2D eigenvalue weighted by atomic mass is 32.2. The van der Waals surface area contributed by atoms with E-state index in [2.05, 4.69) is 15.3 Å². The number of benzene rings is 1. The minimum Gasteiger partial charge on any atom is -0.382 e. The topological polar surface area (TPSA) is 121 Å². The number of aromatic nitrogens is 2. The van der Waals surface area contributed by atoms with Gasteiger partial charge in [0, 0.05) is 18.7 Å². The smallest absolute Gasteiger partial charge is 0.277 e. The second-order valence-electron chi connectivity index (χ2n) is 6.80. The first-order valence-electron chi connectivity index (χ1n) is 9.42. The quantitative estimate of drug-likeness (QED) is 0.488. The number of thioether (sulfide) groups is 1. The van der Waals surface area contributed by atoms with Crippen molar-refractivity contribution < 1.29 is 18.4 Å². The molecule has 0 bridgehead atoms. The van der Waals surface area contributed by atoms with Crippen LogP contribution in [0.3, 0.4) is 0 Å². The molecule has 0 saturated carbocycles. The Morgan fingerprint density at radius 1 is 1.17 bits per heavy atom. The van der Waals surface area contributed by atoms with Gasteiger partial charge in [-0.25, -0.2) is 13.8 Å². The normalized spacial score (nSPS) is 14.3. The number of rotatable bonds is 5. The summed E-state index contributed by atoms with van der Waals surface area (Å²) in [5.41, 5.74) is 4.57. The molecule has 2 heterocycles. The highest BCUT2D eigenvalue weighted by Gasteiger charge is 2.18. The number of likely N-dealkylation sites (tertiary alicyclic amines) is 1. The van der Waals surface area contributed by atoms with Gasteiger partial charge < -0.3 is 16.0 Å². The van der Waals surface area contributed by atoms with Gasteiger partial charge in [-0.3, -0.25) is 19.4 Å². The standard InChI is InChI=1S/C19H21F2N5O3S/c20-12-6-5-11(9-13(12)21)17(28)23-15-16(22)24-19(25-18(15)29)30-10-14(27)26-7-3-1-2-4-8-26/h5-6,9H,1-4,7-8,10H2,(H,23,28)(H3,22,24,25,29). The molecule has 30 heavy (non-hydrogen) atoms. The number of hydrogen-bond donors (Lipinski definition) is 3. The van der Waals surface area contributed by atoms with Crippen LogP contribution in [0.1, 0.15) is 36.0 Å². The number of carbonyl (C=O) groups is 2. The largest absolute Gasteiger partial charge is 0.382 e. The Hall–Kier alpha value is -2.95. The summed E-state index contributed by atoms with van der Waals surface area (Å²) in [5, 5.41) is 2.39. The highest BCUT2D eigenvalue weighted by Crippen LogP contribution is 2.19. The van der Waals surface area contributed by atoms with Crippen molar-refractivity contribution in [3.63, 3.8) is 0 Å². The Labute approximate surface area is 175 Å². The summed E-state index contributed by atoms with van der Waals surface area (Å²) < 4.78 is 26.3. The molecule has 2 amide bonds. The predicted octanol–water partition coefficient (Wildman–Crippen LogP) is 2.38. The van der Waals surface area contributed by atoms with Gasteiger partial charge in [-0.05, 0) is 31.0 Å². The summed E-state index contributed by atoms with van der Waals surface area (Å²) in [7, 11) is 0. The molecule has 8 nitrogen and oxygen atoms in total. The van der Waals surface area contributed by atoms with Crippen molar-refractivity contribution in [2.45, 2.75) is 30.8 Å². The van der Waals surface area contributed by atoms with Crippen molar-refractivity contribution in [1.82, 2.24) is 14.9 Å². The van der Waals surface area contributed by atoms with E-state index in [1.807, 2.05) is 0 Å². The Bertz CT molecular complexity index is 1010. The second-order valence-corrected chi connectivity index (χ2v) is 7.76. The second kappa shape index (κ2) is 9.70.